The van der Waals surface area contributed by atoms with Crippen molar-refractivity contribution in [1.82, 2.24) is 0 Å². The zero-order chi connectivity index (χ0) is 12.6. The van der Waals surface area contributed by atoms with E-state index in [1.165, 1.54) is 6.66 Å². The summed E-state index contributed by atoms with van der Waals surface area (Å²) in [6.07, 6.45) is 0.224. The summed E-state index contributed by atoms with van der Waals surface area (Å²) >= 11 is 0. The minimum Gasteiger partial charge on any atom is -0.461 e. The molecule has 1 N–H and O–H groups in total. The molecular formula is C9H18NO5P. The number of rotatable bonds is 7. The van der Waals surface area contributed by atoms with Crippen molar-refractivity contribution in [3.8, 4) is 0 Å². The van der Waals surface area contributed by atoms with E-state index < -0.39 is 13.3 Å². The molecule has 16 heavy (non-hydrogen) atoms. The second-order valence-corrected chi connectivity index (χ2v) is 5.91. The van der Waals surface area contributed by atoms with Gasteiger partial charge in [0.05, 0.1) is 13.2 Å². The highest BCUT2D eigenvalue weighted by Gasteiger charge is 2.20. The molecule has 7 heteroatoms. The van der Waals surface area contributed by atoms with Crippen LogP contribution in [0.2, 0.25) is 0 Å². The maximum Gasteiger partial charge on any atom is 0.356 e. The molecule has 0 saturated carbocycles. The van der Waals surface area contributed by atoms with Crippen LogP contribution in [-0.4, -0.2) is 42.9 Å². The fourth-order valence-electron chi connectivity index (χ4n) is 1.05. The van der Waals surface area contributed by atoms with Crippen molar-refractivity contribution in [2.45, 2.75) is 20.3 Å². The fourth-order valence-corrected chi connectivity index (χ4v) is 2.35. The summed E-state index contributed by atoms with van der Waals surface area (Å²) in [5.74, 6) is -0.693. The Kier molecular flexibility index (Phi) is 7.01. The zero-order valence-electron chi connectivity index (χ0n) is 9.80. The third kappa shape index (κ3) is 5.88. The van der Waals surface area contributed by atoms with E-state index in [1.807, 2.05) is 0 Å². The molecule has 0 aliphatic carbocycles. The molecule has 0 rings (SSSR count). The standard InChI is InChI=1S/C9H18NO5P/c1-4-14-9(11)8(10-12)6-7-16(3,13)15-5-2/h12H,4-7H2,1-3H3/b10-8-. The van der Waals surface area contributed by atoms with Crippen LogP contribution in [0, 0.1) is 0 Å². The number of ether oxygens (including phenoxy) is 1. The van der Waals surface area contributed by atoms with Crippen LogP contribution in [0.4, 0.5) is 0 Å². The van der Waals surface area contributed by atoms with Gasteiger partial charge < -0.3 is 14.5 Å². The van der Waals surface area contributed by atoms with Crippen molar-refractivity contribution < 1.29 is 23.8 Å². The predicted molar refractivity (Wildman–Crippen MR) is 60.5 cm³/mol. The Morgan fingerprint density at radius 3 is 2.44 bits per heavy atom. The number of oxime groups is 1. The average molecular weight is 251 g/mol. The van der Waals surface area contributed by atoms with Gasteiger partial charge in [0, 0.05) is 19.2 Å². The van der Waals surface area contributed by atoms with Gasteiger partial charge in [0.2, 0.25) is 7.37 Å². The molecule has 0 fully saturated rings. The molecule has 0 bridgehead atoms. The monoisotopic (exact) mass is 251 g/mol. The number of hydrogen-bond donors (Lipinski definition) is 1. The summed E-state index contributed by atoms with van der Waals surface area (Å²) in [5.41, 5.74) is -0.136. The van der Waals surface area contributed by atoms with Crippen molar-refractivity contribution in [3.63, 3.8) is 0 Å². The van der Waals surface area contributed by atoms with Gasteiger partial charge in [-0.2, -0.15) is 0 Å². The molecular weight excluding hydrogens is 233 g/mol. The molecule has 0 aromatic carbocycles. The Balaban J connectivity index is 4.27. The zero-order valence-corrected chi connectivity index (χ0v) is 10.7. The van der Waals surface area contributed by atoms with Crippen molar-refractivity contribution in [1.29, 1.82) is 0 Å². The molecule has 0 amide bonds. The van der Waals surface area contributed by atoms with E-state index in [2.05, 4.69) is 9.89 Å². The van der Waals surface area contributed by atoms with Gasteiger partial charge in [0.1, 0.15) is 0 Å². The maximum atomic E-state index is 11.7. The second-order valence-electron chi connectivity index (χ2n) is 3.17. The van der Waals surface area contributed by atoms with E-state index in [4.69, 9.17) is 9.73 Å². The van der Waals surface area contributed by atoms with Crippen molar-refractivity contribution >= 4 is 19.0 Å². The summed E-state index contributed by atoms with van der Waals surface area (Å²) in [6.45, 7) is 5.42. The second kappa shape index (κ2) is 7.41. The smallest absolute Gasteiger partial charge is 0.356 e. The molecule has 1 atom stereocenters. The summed E-state index contributed by atoms with van der Waals surface area (Å²) < 4.78 is 21.4. The van der Waals surface area contributed by atoms with E-state index in [1.54, 1.807) is 13.8 Å². The highest BCUT2D eigenvalue weighted by molar-refractivity contribution is 7.58. The molecule has 0 heterocycles. The summed E-state index contributed by atoms with van der Waals surface area (Å²) in [7, 11) is -2.72. The van der Waals surface area contributed by atoms with Crippen LogP contribution in [0.25, 0.3) is 0 Å². The molecule has 0 aromatic rings. The third-order valence-electron chi connectivity index (χ3n) is 1.79. The molecule has 1 unspecified atom stereocenters. The Morgan fingerprint density at radius 2 is 2.00 bits per heavy atom. The molecule has 0 spiro atoms. The largest absolute Gasteiger partial charge is 0.461 e. The molecule has 0 aliphatic rings. The molecule has 6 nitrogen and oxygen atoms in total. The Labute approximate surface area is 95.1 Å². The molecule has 0 aliphatic heterocycles. The first-order chi connectivity index (χ1) is 7.46. The van der Waals surface area contributed by atoms with Crippen LogP contribution < -0.4 is 0 Å². The molecule has 94 valence electrons. The van der Waals surface area contributed by atoms with Gasteiger partial charge in [0.25, 0.3) is 0 Å². The van der Waals surface area contributed by atoms with Crippen LogP contribution in [0.5, 0.6) is 0 Å². The Morgan fingerprint density at radius 1 is 1.38 bits per heavy atom. The minimum atomic E-state index is -2.72. The topological polar surface area (TPSA) is 85.2 Å². The number of carbonyl (C=O) groups excluding carboxylic acids is 1. The van der Waals surface area contributed by atoms with E-state index in [9.17, 15) is 9.36 Å². The first-order valence-corrected chi connectivity index (χ1v) is 7.31. The van der Waals surface area contributed by atoms with E-state index in [0.717, 1.165) is 0 Å². The summed E-state index contributed by atoms with van der Waals surface area (Å²) in [6, 6.07) is 0. The summed E-state index contributed by atoms with van der Waals surface area (Å²) in [5, 5.41) is 11.4. The maximum absolute atomic E-state index is 11.7. The van der Waals surface area contributed by atoms with Crippen molar-refractivity contribution in [3.05, 3.63) is 0 Å². The van der Waals surface area contributed by atoms with Crippen molar-refractivity contribution in [2.24, 2.45) is 5.16 Å². The Bertz CT molecular complexity index is 302. The first kappa shape index (κ1) is 15.1. The lowest BCUT2D eigenvalue weighted by atomic mass is 10.3. The van der Waals surface area contributed by atoms with Gasteiger partial charge >= 0.3 is 5.97 Å². The van der Waals surface area contributed by atoms with E-state index in [-0.39, 0.29) is 24.9 Å². The predicted octanol–water partition coefficient (Wildman–Crippen LogP) is 1.71. The van der Waals surface area contributed by atoms with Gasteiger partial charge in [-0.3, -0.25) is 4.57 Å². The van der Waals surface area contributed by atoms with Gasteiger partial charge in [-0.1, -0.05) is 5.16 Å². The van der Waals surface area contributed by atoms with E-state index >= 15 is 0 Å². The third-order valence-corrected chi connectivity index (χ3v) is 3.63. The number of esters is 1. The van der Waals surface area contributed by atoms with Crippen molar-refractivity contribution in [2.75, 3.05) is 26.0 Å². The quantitative estimate of drug-likeness (QED) is 0.245. The highest BCUT2D eigenvalue weighted by atomic mass is 31.2. The minimum absolute atomic E-state index is 0.0725. The lowest BCUT2D eigenvalue weighted by Gasteiger charge is -2.12. The first-order valence-electron chi connectivity index (χ1n) is 5.06. The van der Waals surface area contributed by atoms with E-state index in [0.29, 0.717) is 6.61 Å². The number of hydrogen-bond acceptors (Lipinski definition) is 6. The average Bonchev–Trinajstić information content (AvgIpc) is 2.18. The lowest BCUT2D eigenvalue weighted by Crippen LogP contribution is -2.19. The van der Waals surface area contributed by atoms with Crippen LogP contribution >= 0.6 is 7.37 Å². The van der Waals surface area contributed by atoms with Gasteiger partial charge in [0.15, 0.2) is 5.71 Å². The van der Waals surface area contributed by atoms with Crippen LogP contribution in [0.3, 0.4) is 0 Å². The van der Waals surface area contributed by atoms with Crippen LogP contribution in [0.15, 0.2) is 5.16 Å². The number of nitrogens with zero attached hydrogens (tertiary/aromatic N) is 1. The number of carbonyl (C=O) groups is 1. The normalized spacial score (nSPS) is 15.6. The summed E-state index contributed by atoms with van der Waals surface area (Å²) in [4.78, 5) is 11.2. The van der Waals surface area contributed by atoms with Gasteiger partial charge in [-0.05, 0) is 13.8 Å². The molecule has 0 radical (unpaired) electrons. The molecule has 0 aromatic heterocycles. The van der Waals surface area contributed by atoms with Crippen LogP contribution in [0.1, 0.15) is 20.3 Å². The highest BCUT2D eigenvalue weighted by Crippen LogP contribution is 2.42. The van der Waals surface area contributed by atoms with Crippen LogP contribution in [-0.2, 0) is 18.6 Å². The molecule has 0 saturated heterocycles. The Hall–Kier alpha value is -0.870. The van der Waals surface area contributed by atoms with Gasteiger partial charge in [-0.15, -0.1) is 0 Å². The van der Waals surface area contributed by atoms with Gasteiger partial charge in [-0.25, -0.2) is 4.79 Å². The lowest BCUT2D eigenvalue weighted by molar-refractivity contribution is -0.135. The fraction of sp³-hybridized carbons (Fsp3) is 0.778. The SMILES string of the molecule is CCOC(=O)/C(CCP(C)(=O)OCC)=N\O.